The minimum absolute atomic E-state index is 0.502. The van der Waals surface area contributed by atoms with Crippen molar-refractivity contribution >= 4 is 16.6 Å². The lowest BCUT2D eigenvalue weighted by Crippen LogP contribution is -2.38. The van der Waals surface area contributed by atoms with Gasteiger partial charge in [-0.1, -0.05) is 24.3 Å². The summed E-state index contributed by atoms with van der Waals surface area (Å²) < 4.78 is 0. The van der Waals surface area contributed by atoms with E-state index in [2.05, 4.69) is 45.9 Å². The van der Waals surface area contributed by atoms with Crippen molar-refractivity contribution in [1.82, 2.24) is 10.3 Å². The lowest BCUT2D eigenvalue weighted by Gasteiger charge is -2.24. The highest BCUT2D eigenvalue weighted by atomic mass is 15.1. The molecule has 1 saturated heterocycles. The van der Waals surface area contributed by atoms with Crippen LogP contribution in [0.2, 0.25) is 0 Å². The number of aromatic nitrogens is 1. The number of anilines is 1. The van der Waals surface area contributed by atoms with Gasteiger partial charge >= 0.3 is 0 Å². The first-order valence-electron chi connectivity index (χ1n) is 6.24. The molecule has 1 fully saturated rings. The van der Waals surface area contributed by atoms with Gasteiger partial charge in [-0.05, 0) is 30.8 Å². The van der Waals surface area contributed by atoms with Crippen LogP contribution in [0.4, 0.5) is 5.82 Å². The fourth-order valence-electron chi connectivity index (χ4n) is 2.40. The monoisotopic (exact) mass is 227 g/mol. The van der Waals surface area contributed by atoms with Gasteiger partial charge in [0.15, 0.2) is 0 Å². The number of rotatable bonds is 2. The molecule has 3 rings (SSSR count). The molecule has 1 unspecified atom stereocenters. The van der Waals surface area contributed by atoms with Crippen LogP contribution in [0.1, 0.15) is 12.8 Å². The van der Waals surface area contributed by atoms with E-state index in [1.165, 1.54) is 23.6 Å². The number of nitrogens with one attached hydrogen (secondary N) is 2. The van der Waals surface area contributed by atoms with Crippen molar-refractivity contribution in [3.05, 3.63) is 36.5 Å². The molecule has 17 heavy (non-hydrogen) atoms. The molecule has 3 heteroatoms. The zero-order chi connectivity index (χ0) is 11.5. The fraction of sp³-hybridized carbons (Fsp3) is 0.357. The van der Waals surface area contributed by atoms with Crippen molar-refractivity contribution in [1.29, 1.82) is 0 Å². The van der Waals surface area contributed by atoms with Gasteiger partial charge < -0.3 is 10.6 Å². The average molecular weight is 227 g/mol. The average Bonchev–Trinajstić information content (AvgIpc) is 2.40. The van der Waals surface area contributed by atoms with Crippen LogP contribution >= 0.6 is 0 Å². The molecule has 1 aliphatic heterocycles. The Kier molecular flexibility index (Phi) is 2.92. The lowest BCUT2D eigenvalue weighted by atomic mass is 10.1. The number of nitrogens with zero attached hydrogens (tertiary/aromatic N) is 1. The number of fused-ring (bicyclic) bond motifs is 1. The number of hydrogen-bond acceptors (Lipinski definition) is 3. The van der Waals surface area contributed by atoms with Crippen LogP contribution in [0, 0.1) is 0 Å². The Morgan fingerprint density at radius 1 is 1.24 bits per heavy atom. The van der Waals surface area contributed by atoms with Gasteiger partial charge in [0, 0.05) is 24.2 Å². The Bertz CT molecular complexity index is 498. The van der Waals surface area contributed by atoms with Gasteiger partial charge in [0.1, 0.15) is 5.82 Å². The van der Waals surface area contributed by atoms with Crippen LogP contribution < -0.4 is 10.6 Å². The van der Waals surface area contributed by atoms with Gasteiger partial charge in [-0.15, -0.1) is 0 Å². The second-order valence-electron chi connectivity index (χ2n) is 4.57. The minimum atomic E-state index is 0.502. The summed E-state index contributed by atoms with van der Waals surface area (Å²) in [6, 6.07) is 10.9. The number of pyridine rings is 1. The summed E-state index contributed by atoms with van der Waals surface area (Å²) in [5, 5.41) is 9.42. The summed E-state index contributed by atoms with van der Waals surface area (Å²) in [5.74, 6) is 1.01. The molecular formula is C14H17N3. The van der Waals surface area contributed by atoms with Crippen LogP contribution in [0.15, 0.2) is 36.5 Å². The van der Waals surface area contributed by atoms with Crippen molar-refractivity contribution < 1.29 is 0 Å². The van der Waals surface area contributed by atoms with Gasteiger partial charge in [-0.3, -0.25) is 0 Å². The number of benzene rings is 1. The highest BCUT2D eigenvalue weighted by molar-refractivity contribution is 5.91. The van der Waals surface area contributed by atoms with E-state index in [4.69, 9.17) is 0 Å². The normalized spacial score (nSPS) is 20.4. The van der Waals surface area contributed by atoms with Crippen molar-refractivity contribution in [2.24, 2.45) is 0 Å². The molecule has 2 heterocycles. The number of hydrogen-bond donors (Lipinski definition) is 2. The van der Waals surface area contributed by atoms with Crippen molar-refractivity contribution in [2.45, 2.75) is 18.9 Å². The molecule has 88 valence electrons. The molecule has 1 atom stereocenters. The van der Waals surface area contributed by atoms with Crippen LogP contribution in [-0.2, 0) is 0 Å². The SMILES string of the molecule is c1ccc2c(NC3CCCNC3)nccc2c1. The van der Waals surface area contributed by atoms with E-state index in [0.717, 1.165) is 18.9 Å². The van der Waals surface area contributed by atoms with E-state index < -0.39 is 0 Å². The fourth-order valence-corrected chi connectivity index (χ4v) is 2.40. The number of piperidine rings is 1. The maximum atomic E-state index is 4.46. The molecule has 2 aromatic rings. The van der Waals surface area contributed by atoms with Crippen LogP contribution in [0.3, 0.4) is 0 Å². The lowest BCUT2D eigenvalue weighted by molar-refractivity contribution is 0.479. The summed E-state index contributed by atoms with van der Waals surface area (Å²) >= 11 is 0. The highest BCUT2D eigenvalue weighted by Crippen LogP contribution is 2.21. The first-order valence-corrected chi connectivity index (χ1v) is 6.24. The van der Waals surface area contributed by atoms with Gasteiger partial charge in [0.25, 0.3) is 0 Å². The third kappa shape index (κ3) is 2.24. The Balaban J connectivity index is 1.89. The molecule has 0 saturated carbocycles. The minimum Gasteiger partial charge on any atom is -0.366 e. The topological polar surface area (TPSA) is 37.0 Å². The Hall–Kier alpha value is -1.61. The Morgan fingerprint density at radius 3 is 3.06 bits per heavy atom. The van der Waals surface area contributed by atoms with Crippen molar-refractivity contribution in [3.8, 4) is 0 Å². The van der Waals surface area contributed by atoms with Gasteiger partial charge in [0.05, 0.1) is 0 Å². The zero-order valence-electron chi connectivity index (χ0n) is 9.82. The quantitative estimate of drug-likeness (QED) is 0.827. The summed E-state index contributed by atoms with van der Waals surface area (Å²) in [7, 11) is 0. The standard InChI is InChI=1S/C14H17N3/c1-2-6-13-11(4-1)7-9-16-14(13)17-12-5-3-8-15-10-12/h1-2,4,6-7,9,12,15H,3,5,8,10H2,(H,16,17). The first kappa shape index (κ1) is 10.5. The van der Waals surface area contributed by atoms with E-state index in [-0.39, 0.29) is 0 Å². The molecule has 1 aromatic heterocycles. The van der Waals surface area contributed by atoms with Crippen LogP contribution in [-0.4, -0.2) is 24.1 Å². The molecule has 0 amide bonds. The third-order valence-electron chi connectivity index (χ3n) is 3.31. The van der Waals surface area contributed by atoms with Crippen LogP contribution in [0.5, 0.6) is 0 Å². The molecule has 1 aromatic carbocycles. The largest absolute Gasteiger partial charge is 0.366 e. The molecule has 0 aliphatic carbocycles. The Labute approximate surface area is 101 Å². The smallest absolute Gasteiger partial charge is 0.134 e. The summed E-state index contributed by atoms with van der Waals surface area (Å²) in [4.78, 5) is 4.46. The molecular weight excluding hydrogens is 210 g/mol. The molecule has 1 aliphatic rings. The maximum Gasteiger partial charge on any atom is 0.134 e. The first-order chi connectivity index (χ1) is 8.43. The van der Waals surface area contributed by atoms with E-state index in [0.29, 0.717) is 6.04 Å². The molecule has 0 bridgehead atoms. The van der Waals surface area contributed by atoms with Crippen LogP contribution in [0.25, 0.3) is 10.8 Å². The molecule has 3 nitrogen and oxygen atoms in total. The predicted octanol–water partition coefficient (Wildman–Crippen LogP) is 2.40. The summed E-state index contributed by atoms with van der Waals surface area (Å²) in [5.41, 5.74) is 0. The summed E-state index contributed by atoms with van der Waals surface area (Å²) in [6.07, 6.45) is 4.33. The van der Waals surface area contributed by atoms with Gasteiger partial charge in [0.2, 0.25) is 0 Å². The third-order valence-corrected chi connectivity index (χ3v) is 3.31. The predicted molar refractivity (Wildman–Crippen MR) is 71.3 cm³/mol. The van der Waals surface area contributed by atoms with E-state index in [1.54, 1.807) is 0 Å². The summed E-state index contributed by atoms with van der Waals surface area (Å²) in [6.45, 7) is 2.17. The Morgan fingerprint density at radius 2 is 2.18 bits per heavy atom. The van der Waals surface area contributed by atoms with Crippen molar-refractivity contribution in [3.63, 3.8) is 0 Å². The van der Waals surface area contributed by atoms with Gasteiger partial charge in [-0.2, -0.15) is 0 Å². The van der Waals surface area contributed by atoms with Gasteiger partial charge in [-0.25, -0.2) is 4.98 Å². The second-order valence-corrected chi connectivity index (χ2v) is 4.57. The van der Waals surface area contributed by atoms with E-state index in [9.17, 15) is 0 Å². The zero-order valence-corrected chi connectivity index (χ0v) is 9.82. The molecule has 2 N–H and O–H groups in total. The van der Waals surface area contributed by atoms with E-state index >= 15 is 0 Å². The van der Waals surface area contributed by atoms with E-state index in [1.807, 2.05) is 6.20 Å². The molecule has 0 spiro atoms. The molecule has 0 radical (unpaired) electrons. The second kappa shape index (κ2) is 4.72. The van der Waals surface area contributed by atoms with Crippen molar-refractivity contribution in [2.75, 3.05) is 18.4 Å². The highest BCUT2D eigenvalue weighted by Gasteiger charge is 2.13. The maximum absolute atomic E-state index is 4.46.